The average molecular weight is 276 g/mol. The highest BCUT2D eigenvalue weighted by Gasteiger charge is 2.11. The zero-order chi connectivity index (χ0) is 13.0. The molecule has 90 valence electrons. The molecule has 3 heteroatoms. The first kappa shape index (κ1) is 13.0. The minimum Gasteiger partial charge on any atom is -0.198 e. The molecule has 0 bridgehead atoms. The number of rotatable bonds is 3. The highest BCUT2D eigenvalue weighted by atomic mass is 35.5. The van der Waals surface area contributed by atoms with Crippen LogP contribution in [0.3, 0.4) is 0 Å². The van der Waals surface area contributed by atoms with Gasteiger partial charge in [0.2, 0.25) is 0 Å². The molecule has 0 fully saturated rings. The van der Waals surface area contributed by atoms with Gasteiger partial charge in [-0.05, 0) is 41.8 Å². The Labute approximate surface area is 117 Å². The summed E-state index contributed by atoms with van der Waals surface area (Å²) in [5.74, 6) is -0.163. The van der Waals surface area contributed by atoms with Gasteiger partial charge in [-0.25, -0.2) is 0 Å². The van der Waals surface area contributed by atoms with Crippen molar-refractivity contribution in [1.29, 1.82) is 5.26 Å². The molecule has 1 nitrogen and oxygen atoms in total. The summed E-state index contributed by atoms with van der Waals surface area (Å²) in [6.45, 7) is 0. The van der Waals surface area contributed by atoms with Gasteiger partial charge < -0.3 is 0 Å². The van der Waals surface area contributed by atoms with Crippen LogP contribution in [0.5, 0.6) is 0 Å². The molecule has 0 radical (unpaired) electrons. The van der Waals surface area contributed by atoms with Gasteiger partial charge in [-0.3, -0.25) is 0 Å². The van der Waals surface area contributed by atoms with Crippen LogP contribution in [0.2, 0.25) is 10.0 Å². The van der Waals surface area contributed by atoms with E-state index in [2.05, 4.69) is 6.07 Å². The monoisotopic (exact) mass is 275 g/mol. The van der Waals surface area contributed by atoms with Gasteiger partial charge in [0, 0.05) is 10.0 Å². The zero-order valence-electron chi connectivity index (χ0n) is 9.61. The van der Waals surface area contributed by atoms with Crippen molar-refractivity contribution in [3.63, 3.8) is 0 Å². The van der Waals surface area contributed by atoms with Crippen LogP contribution in [0.15, 0.2) is 48.5 Å². The molecular weight excluding hydrogens is 265 g/mol. The van der Waals surface area contributed by atoms with Gasteiger partial charge in [0.15, 0.2) is 0 Å². The van der Waals surface area contributed by atoms with E-state index in [-0.39, 0.29) is 5.92 Å². The van der Waals surface area contributed by atoms with Crippen molar-refractivity contribution in [3.05, 3.63) is 69.7 Å². The third-order valence-corrected chi connectivity index (χ3v) is 3.29. The molecule has 0 N–H and O–H groups in total. The predicted octanol–water partition coefficient (Wildman–Crippen LogP) is 4.84. The van der Waals surface area contributed by atoms with Gasteiger partial charge in [-0.2, -0.15) is 5.26 Å². The zero-order valence-corrected chi connectivity index (χ0v) is 11.1. The fraction of sp³-hybridized carbons (Fsp3) is 0.133. The summed E-state index contributed by atoms with van der Waals surface area (Å²) in [6, 6.07) is 17.3. The van der Waals surface area contributed by atoms with Crippen molar-refractivity contribution in [1.82, 2.24) is 0 Å². The number of benzene rings is 2. The molecule has 1 atom stereocenters. The Morgan fingerprint density at radius 3 is 1.89 bits per heavy atom. The molecule has 0 saturated heterocycles. The number of nitriles is 1. The molecule has 2 aromatic rings. The van der Waals surface area contributed by atoms with Gasteiger partial charge in [0.25, 0.3) is 0 Å². The summed E-state index contributed by atoms with van der Waals surface area (Å²) in [6.07, 6.45) is 0.676. The minimum absolute atomic E-state index is 0.163. The smallest absolute Gasteiger partial charge is 0.0753 e. The van der Waals surface area contributed by atoms with E-state index in [0.717, 1.165) is 11.1 Å². The van der Waals surface area contributed by atoms with Gasteiger partial charge in [0.05, 0.1) is 12.0 Å². The van der Waals surface area contributed by atoms with Crippen LogP contribution in [0, 0.1) is 11.3 Å². The lowest BCUT2D eigenvalue weighted by Crippen LogP contribution is -2.00. The van der Waals surface area contributed by atoms with Gasteiger partial charge in [-0.1, -0.05) is 47.5 Å². The van der Waals surface area contributed by atoms with Crippen molar-refractivity contribution in [2.75, 3.05) is 0 Å². The first-order chi connectivity index (χ1) is 8.69. The molecule has 0 heterocycles. The van der Waals surface area contributed by atoms with Gasteiger partial charge in [-0.15, -0.1) is 0 Å². The normalized spacial score (nSPS) is 11.8. The lowest BCUT2D eigenvalue weighted by Gasteiger charge is -2.09. The largest absolute Gasteiger partial charge is 0.198 e. The van der Waals surface area contributed by atoms with E-state index in [1.165, 1.54) is 0 Å². The third kappa shape index (κ3) is 3.26. The van der Waals surface area contributed by atoms with Gasteiger partial charge >= 0.3 is 0 Å². The van der Waals surface area contributed by atoms with Crippen molar-refractivity contribution >= 4 is 23.2 Å². The molecule has 0 aromatic heterocycles. The topological polar surface area (TPSA) is 23.8 Å². The fourth-order valence-corrected chi connectivity index (χ4v) is 2.04. The van der Waals surface area contributed by atoms with Crippen LogP contribution in [0.4, 0.5) is 0 Å². The summed E-state index contributed by atoms with van der Waals surface area (Å²) in [5.41, 5.74) is 2.08. The second-order valence-corrected chi connectivity index (χ2v) is 4.94. The Hall–Kier alpha value is -1.49. The maximum Gasteiger partial charge on any atom is 0.0753 e. The lowest BCUT2D eigenvalue weighted by atomic mass is 9.93. The fourth-order valence-electron chi connectivity index (χ4n) is 1.79. The Morgan fingerprint density at radius 2 is 1.39 bits per heavy atom. The molecule has 0 aliphatic carbocycles. The Kier molecular flexibility index (Phi) is 4.25. The maximum atomic E-state index is 9.26. The van der Waals surface area contributed by atoms with Crippen LogP contribution >= 0.6 is 23.2 Å². The van der Waals surface area contributed by atoms with Crippen LogP contribution < -0.4 is 0 Å². The van der Waals surface area contributed by atoms with Crippen molar-refractivity contribution in [3.8, 4) is 6.07 Å². The van der Waals surface area contributed by atoms with E-state index in [0.29, 0.717) is 16.5 Å². The molecule has 2 rings (SSSR count). The van der Waals surface area contributed by atoms with Crippen LogP contribution in [-0.2, 0) is 6.42 Å². The highest BCUT2D eigenvalue weighted by molar-refractivity contribution is 6.30. The second kappa shape index (κ2) is 5.91. The first-order valence-electron chi connectivity index (χ1n) is 5.58. The second-order valence-electron chi connectivity index (χ2n) is 4.06. The van der Waals surface area contributed by atoms with Crippen molar-refractivity contribution < 1.29 is 0 Å². The quantitative estimate of drug-likeness (QED) is 0.786. The molecule has 2 aromatic carbocycles. The number of hydrogen-bond donors (Lipinski definition) is 0. The molecule has 0 unspecified atom stereocenters. The SMILES string of the molecule is N#C[C@H](Cc1ccc(Cl)cc1)c1ccc(Cl)cc1. The Balaban J connectivity index is 2.17. The number of halogens is 2. The standard InChI is InChI=1S/C15H11Cl2N/c16-14-5-1-11(2-6-14)9-13(10-18)12-3-7-15(17)8-4-12/h1-8,13H,9H2/t13-/m0/s1. The Bertz CT molecular complexity index is 553. The summed E-state index contributed by atoms with van der Waals surface area (Å²) >= 11 is 11.7. The van der Waals surface area contributed by atoms with E-state index in [4.69, 9.17) is 23.2 Å². The average Bonchev–Trinajstić information content (AvgIpc) is 2.39. The number of hydrogen-bond acceptors (Lipinski definition) is 1. The van der Waals surface area contributed by atoms with Crippen LogP contribution in [-0.4, -0.2) is 0 Å². The minimum atomic E-state index is -0.163. The first-order valence-corrected chi connectivity index (χ1v) is 6.34. The highest BCUT2D eigenvalue weighted by Crippen LogP contribution is 2.22. The van der Waals surface area contributed by atoms with E-state index < -0.39 is 0 Å². The molecule has 0 amide bonds. The van der Waals surface area contributed by atoms with Crippen molar-refractivity contribution in [2.45, 2.75) is 12.3 Å². The predicted molar refractivity (Wildman–Crippen MR) is 75.0 cm³/mol. The molecular formula is C15H11Cl2N. The van der Waals surface area contributed by atoms with E-state index in [1.807, 2.05) is 48.5 Å². The molecule has 18 heavy (non-hydrogen) atoms. The number of nitrogens with zero attached hydrogens (tertiary/aromatic N) is 1. The molecule has 0 saturated carbocycles. The third-order valence-electron chi connectivity index (χ3n) is 2.78. The molecule has 0 aliphatic rings. The summed E-state index contributed by atoms with van der Waals surface area (Å²) in [4.78, 5) is 0. The molecule has 0 aliphatic heterocycles. The molecule has 0 spiro atoms. The summed E-state index contributed by atoms with van der Waals surface area (Å²) < 4.78 is 0. The van der Waals surface area contributed by atoms with Gasteiger partial charge in [0.1, 0.15) is 0 Å². The summed E-state index contributed by atoms with van der Waals surface area (Å²) in [5, 5.41) is 10.6. The van der Waals surface area contributed by atoms with E-state index >= 15 is 0 Å². The Morgan fingerprint density at radius 1 is 0.889 bits per heavy atom. The van der Waals surface area contributed by atoms with E-state index in [9.17, 15) is 5.26 Å². The maximum absolute atomic E-state index is 9.26. The van der Waals surface area contributed by atoms with E-state index in [1.54, 1.807) is 0 Å². The lowest BCUT2D eigenvalue weighted by molar-refractivity contribution is 0.849. The van der Waals surface area contributed by atoms with Crippen LogP contribution in [0.25, 0.3) is 0 Å². The van der Waals surface area contributed by atoms with Crippen molar-refractivity contribution in [2.24, 2.45) is 0 Å². The van der Waals surface area contributed by atoms with Crippen LogP contribution in [0.1, 0.15) is 17.0 Å². The summed E-state index contributed by atoms with van der Waals surface area (Å²) in [7, 11) is 0.